The molecule has 1 fully saturated rings. The van der Waals surface area contributed by atoms with Crippen molar-refractivity contribution >= 4 is 11.9 Å². The molecule has 0 aliphatic carbocycles. The molecule has 0 saturated carbocycles. The van der Waals surface area contributed by atoms with Gasteiger partial charge in [0.2, 0.25) is 5.91 Å². The fourth-order valence-corrected chi connectivity index (χ4v) is 2.88. The van der Waals surface area contributed by atoms with Gasteiger partial charge in [-0.3, -0.25) is 4.79 Å². The van der Waals surface area contributed by atoms with Crippen molar-refractivity contribution < 1.29 is 19.1 Å². The molecule has 0 unspecified atom stereocenters. The number of carbonyl (C=O) groups is 2. The van der Waals surface area contributed by atoms with Crippen LogP contribution in [-0.2, 0) is 16.0 Å². The quantitative estimate of drug-likeness (QED) is 0.907. The summed E-state index contributed by atoms with van der Waals surface area (Å²) >= 11 is 0. The summed E-state index contributed by atoms with van der Waals surface area (Å²) in [4.78, 5) is 24.8. The number of carboxylic acid groups (broad SMARTS) is 1. The van der Waals surface area contributed by atoms with Crippen molar-refractivity contribution in [2.75, 3.05) is 6.54 Å². The van der Waals surface area contributed by atoms with E-state index in [9.17, 15) is 14.0 Å². The Labute approximate surface area is 123 Å². The van der Waals surface area contributed by atoms with Gasteiger partial charge in [-0.2, -0.15) is 0 Å². The molecule has 2 rings (SSSR count). The van der Waals surface area contributed by atoms with Crippen molar-refractivity contribution in [3.8, 4) is 0 Å². The third kappa shape index (κ3) is 4.03. The normalized spacial score (nSPS) is 19.5. The molecule has 21 heavy (non-hydrogen) atoms. The standard InChI is InChI=1S/C16H20FNO3/c1-11(8-12-4-2-5-13(17)10-12)9-15(19)18-7-3-6-14(18)16(20)21/h2,4-5,10-11,14H,3,6-9H2,1H3,(H,20,21)/t11-,14+/m1/s1. The maximum absolute atomic E-state index is 13.1. The summed E-state index contributed by atoms with van der Waals surface area (Å²) in [5.41, 5.74) is 0.853. The summed E-state index contributed by atoms with van der Waals surface area (Å²) in [5, 5.41) is 9.10. The van der Waals surface area contributed by atoms with Gasteiger partial charge >= 0.3 is 5.97 Å². The first-order valence-electron chi connectivity index (χ1n) is 7.24. The van der Waals surface area contributed by atoms with Gasteiger partial charge in [0.05, 0.1) is 0 Å². The molecule has 1 aromatic rings. The van der Waals surface area contributed by atoms with Crippen LogP contribution in [0.1, 0.15) is 31.7 Å². The molecule has 1 saturated heterocycles. The monoisotopic (exact) mass is 293 g/mol. The molecule has 0 bridgehead atoms. The van der Waals surface area contributed by atoms with E-state index >= 15 is 0 Å². The van der Waals surface area contributed by atoms with E-state index in [0.29, 0.717) is 25.8 Å². The molecular formula is C16H20FNO3. The van der Waals surface area contributed by atoms with Crippen LogP contribution in [0.15, 0.2) is 24.3 Å². The van der Waals surface area contributed by atoms with Gasteiger partial charge in [0.15, 0.2) is 0 Å². The number of aliphatic carboxylic acids is 1. The molecule has 0 radical (unpaired) electrons. The second-order valence-corrected chi connectivity index (χ2v) is 5.73. The molecule has 1 aliphatic heterocycles. The molecule has 0 aromatic heterocycles. The lowest BCUT2D eigenvalue weighted by atomic mass is 9.97. The molecule has 114 valence electrons. The minimum Gasteiger partial charge on any atom is -0.480 e. The Morgan fingerprint density at radius 1 is 1.48 bits per heavy atom. The van der Waals surface area contributed by atoms with E-state index in [4.69, 9.17) is 5.11 Å². The van der Waals surface area contributed by atoms with Crippen molar-refractivity contribution in [2.45, 2.75) is 38.6 Å². The molecule has 0 spiro atoms. The van der Waals surface area contributed by atoms with Gasteiger partial charge in [-0.15, -0.1) is 0 Å². The van der Waals surface area contributed by atoms with Gasteiger partial charge in [-0.25, -0.2) is 9.18 Å². The maximum Gasteiger partial charge on any atom is 0.326 e. The predicted octanol–water partition coefficient (Wildman–Crippen LogP) is 2.47. The van der Waals surface area contributed by atoms with E-state index in [1.54, 1.807) is 6.07 Å². The Kier molecular flexibility index (Phi) is 4.94. The number of likely N-dealkylation sites (tertiary alicyclic amines) is 1. The van der Waals surface area contributed by atoms with Gasteiger partial charge in [-0.05, 0) is 42.9 Å². The fraction of sp³-hybridized carbons (Fsp3) is 0.500. The molecule has 1 heterocycles. The number of hydrogen-bond acceptors (Lipinski definition) is 2. The number of carbonyl (C=O) groups excluding carboxylic acids is 1. The molecule has 4 nitrogen and oxygen atoms in total. The summed E-state index contributed by atoms with van der Waals surface area (Å²) in [6.07, 6.45) is 2.16. The molecule has 1 N–H and O–H groups in total. The second-order valence-electron chi connectivity index (χ2n) is 5.73. The van der Waals surface area contributed by atoms with E-state index in [1.807, 2.05) is 13.0 Å². The van der Waals surface area contributed by atoms with E-state index < -0.39 is 12.0 Å². The van der Waals surface area contributed by atoms with Gasteiger partial charge < -0.3 is 10.0 Å². The van der Waals surface area contributed by atoms with E-state index in [0.717, 1.165) is 12.0 Å². The number of hydrogen-bond donors (Lipinski definition) is 1. The predicted molar refractivity (Wildman–Crippen MR) is 76.3 cm³/mol. The first kappa shape index (κ1) is 15.5. The van der Waals surface area contributed by atoms with Crippen LogP contribution in [0.2, 0.25) is 0 Å². The van der Waals surface area contributed by atoms with Crippen molar-refractivity contribution in [2.24, 2.45) is 5.92 Å². The van der Waals surface area contributed by atoms with E-state index in [-0.39, 0.29) is 17.6 Å². The Bertz CT molecular complexity index is 532. The molecule has 1 aliphatic rings. The highest BCUT2D eigenvalue weighted by molar-refractivity contribution is 5.84. The van der Waals surface area contributed by atoms with Gasteiger partial charge in [0.1, 0.15) is 11.9 Å². The van der Waals surface area contributed by atoms with Crippen LogP contribution in [0.5, 0.6) is 0 Å². The Morgan fingerprint density at radius 3 is 2.90 bits per heavy atom. The van der Waals surface area contributed by atoms with Crippen LogP contribution in [0.4, 0.5) is 4.39 Å². The zero-order chi connectivity index (χ0) is 15.4. The number of carboxylic acids is 1. The molecule has 1 amide bonds. The van der Waals surface area contributed by atoms with Crippen LogP contribution < -0.4 is 0 Å². The van der Waals surface area contributed by atoms with Crippen molar-refractivity contribution in [1.82, 2.24) is 4.90 Å². The Hall–Kier alpha value is -1.91. The van der Waals surface area contributed by atoms with Crippen molar-refractivity contribution in [3.05, 3.63) is 35.6 Å². The lowest BCUT2D eigenvalue weighted by Gasteiger charge is -2.23. The summed E-state index contributed by atoms with van der Waals surface area (Å²) in [5.74, 6) is -1.28. The van der Waals surface area contributed by atoms with Crippen LogP contribution in [-0.4, -0.2) is 34.5 Å². The molecule has 5 heteroatoms. The summed E-state index contributed by atoms with van der Waals surface area (Å²) < 4.78 is 13.1. The third-order valence-corrected chi connectivity index (χ3v) is 3.85. The van der Waals surface area contributed by atoms with Crippen LogP contribution >= 0.6 is 0 Å². The Morgan fingerprint density at radius 2 is 2.24 bits per heavy atom. The Balaban J connectivity index is 1.91. The highest BCUT2D eigenvalue weighted by Gasteiger charge is 2.34. The van der Waals surface area contributed by atoms with Gasteiger partial charge in [0, 0.05) is 13.0 Å². The van der Waals surface area contributed by atoms with E-state index in [1.165, 1.54) is 17.0 Å². The number of halogens is 1. The summed E-state index contributed by atoms with van der Waals surface area (Å²) in [6.45, 7) is 2.44. The topological polar surface area (TPSA) is 57.6 Å². The number of nitrogens with zero attached hydrogens (tertiary/aromatic N) is 1. The number of rotatable bonds is 5. The van der Waals surface area contributed by atoms with Crippen molar-refractivity contribution in [1.29, 1.82) is 0 Å². The highest BCUT2D eigenvalue weighted by atomic mass is 19.1. The first-order valence-corrected chi connectivity index (χ1v) is 7.24. The minimum atomic E-state index is -0.932. The zero-order valence-corrected chi connectivity index (χ0v) is 12.1. The zero-order valence-electron chi connectivity index (χ0n) is 12.1. The second kappa shape index (κ2) is 6.70. The van der Waals surface area contributed by atoms with E-state index in [2.05, 4.69) is 0 Å². The van der Waals surface area contributed by atoms with Gasteiger partial charge in [-0.1, -0.05) is 19.1 Å². The van der Waals surface area contributed by atoms with Crippen LogP contribution in [0.3, 0.4) is 0 Å². The number of amides is 1. The average molecular weight is 293 g/mol. The molecule has 2 atom stereocenters. The van der Waals surface area contributed by atoms with Crippen LogP contribution in [0, 0.1) is 11.7 Å². The third-order valence-electron chi connectivity index (χ3n) is 3.85. The number of benzene rings is 1. The van der Waals surface area contributed by atoms with Crippen molar-refractivity contribution in [3.63, 3.8) is 0 Å². The molecule has 1 aromatic carbocycles. The largest absolute Gasteiger partial charge is 0.480 e. The summed E-state index contributed by atoms with van der Waals surface area (Å²) in [7, 11) is 0. The smallest absolute Gasteiger partial charge is 0.326 e. The average Bonchev–Trinajstić information content (AvgIpc) is 2.87. The summed E-state index contributed by atoms with van der Waals surface area (Å²) in [6, 6.07) is 5.66. The fourth-order valence-electron chi connectivity index (χ4n) is 2.88. The maximum atomic E-state index is 13.1. The highest BCUT2D eigenvalue weighted by Crippen LogP contribution is 2.21. The lowest BCUT2D eigenvalue weighted by molar-refractivity contribution is -0.148. The lowest BCUT2D eigenvalue weighted by Crippen LogP contribution is -2.41. The minimum absolute atomic E-state index is 0.0503. The van der Waals surface area contributed by atoms with Gasteiger partial charge in [0.25, 0.3) is 0 Å². The molecular weight excluding hydrogens is 273 g/mol. The first-order chi connectivity index (χ1) is 9.97. The van der Waals surface area contributed by atoms with Crippen LogP contribution in [0.25, 0.3) is 0 Å². The SMILES string of the molecule is C[C@@H](CC(=O)N1CCC[C@H]1C(=O)O)Cc1cccc(F)c1.